The molecular formula is C27H27ClF2N4O. The van der Waals surface area contributed by atoms with E-state index in [2.05, 4.69) is 29.0 Å². The van der Waals surface area contributed by atoms with Crippen molar-refractivity contribution < 1.29 is 13.6 Å². The number of imidazole rings is 1. The predicted molar refractivity (Wildman–Crippen MR) is 134 cm³/mol. The van der Waals surface area contributed by atoms with Crippen molar-refractivity contribution in [2.45, 2.75) is 31.6 Å². The molecular weight excluding hydrogens is 470 g/mol. The molecule has 3 aromatic rings. The second-order valence-corrected chi connectivity index (χ2v) is 9.61. The van der Waals surface area contributed by atoms with Crippen molar-refractivity contribution in [3.05, 3.63) is 88.4 Å². The Morgan fingerprint density at radius 2 is 2.17 bits per heavy atom. The first-order chi connectivity index (χ1) is 16.8. The van der Waals surface area contributed by atoms with Crippen molar-refractivity contribution in [1.82, 2.24) is 19.6 Å². The predicted octanol–water partition coefficient (Wildman–Crippen LogP) is 5.58. The maximum atomic E-state index is 14.9. The van der Waals surface area contributed by atoms with Gasteiger partial charge in [0.25, 0.3) is 11.8 Å². The van der Waals surface area contributed by atoms with E-state index in [1.54, 1.807) is 11.1 Å². The number of amides is 1. The normalized spacial score (nSPS) is 18.7. The van der Waals surface area contributed by atoms with Gasteiger partial charge in [0.2, 0.25) is 0 Å². The SMILES string of the molecule is C=CC(F)(F)c1cc(C2=CCNCC2)cn2c(Cl)c(C(=O)N3CCC(c4cccc(C)c4)C3)nc12. The Hall–Kier alpha value is -3.03. The van der Waals surface area contributed by atoms with Crippen LogP contribution in [0, 0.1) is 6.92 Å². The van der Waals surface area contributed by atoms with Gasteiger partial charge in [-0.25, -0.2) is 4.98 Å². The van der Waals surface area contributed by atoms with E-state index in [0.29, 0.717) is 37.7 Å². The van der Waals surface area contributed by atoms with E-state index in [0.717, 1.165) is 18.5 Å². The van der Waals surface area contributed by atoms with Crippen LogP contribution in [0.15, 0.2) is 55.3 Å². The molecule has 1 saturated heterocycles. The fourth-order valence-electron chi connectivity index (χ4n) is 4.96. The molecule has 4 heterocycles. The number of allylic oxidation sites excluding steroid dienone is 1. The van der Waals surface area contributed by atoms with Crippen molar-refractivity contribution in [3.8, 4) is 0 Å². The highest BCUT2D eigenvalue weighted by molar-refractivity contribution is 6.33. The van der Waals surface area contributed by atoms with Crippen LogP contribution in [0.4, 0.5) is 8.78 Å². The Labute approximate surface area is 208 Å². The minimum absolute atomic E-state index is 0.00545. The van der Waals surface area contributed by atoms with Crippen LogP contribution >= 0.6 is 11.6 Å². The minimum atomic E-state index is -3.33. The summed E-state index contributed by atoms with van der Waals surface area (Å²) < 4.78 is 31.3. The monoisotopic (exact) mass is 496 g/mol. The van der Waals surface area contributed by atoms with Crippen molar-refractivity contribution in [2.24, 2.45) is 0 Å². The van der Waals surface area contributed by atoms with Crippen molar-refractivity contribution in [3.63, 3.8) is 0 Å². The molecule has 0 bridgehead atoms. The Morgan fingerprint density at radius 1 is 1.34 bits per heavy atom. The van der Waals surface area contributed by atoms with E-state index in [1.165, 1.54) is 21.6 Å². The smallest absolute Gasteiger partial charge is 0.295 e. The maximum absolute atomic E-state index is 14.9. The fourth-order valence-corrected chi connectivity index (χ4v) is 5.21. The number of nitrogens with zero attached hydrogens (tertiary/aromatic N) is 3. The number of hydrogen-bond donors (Lipinski definition) is 1. The standard InChI is InChI=1S/C27H27ClF2N4O/c1-3-27(29,30)22-14-21(18-7-10-31-11-8-18)16-34-24(28)23(32-25(22)34)26(35)33-12-9-20(15-33)19-6-4-5-17(2)13-19/h3-7,13-14,16,20,31H,1,8-12,15H2,2H3. The van der Waals surface area contributed by atoms with E-state index in [1.807, 2.05) is 25.1 Å². The molecule has 182 valence electrons. The van der Waals surface area contributed by atoms with Crippen LogP contribution in [0.5, 0.6) is 0 Å². The van der Waals surface area contributed by atoms with Gasteiger partial charge < -0.3 is 10.2 Å². The summed E-state index contributed by atoms with van der Waals surface area (Å²) in [5.41, 5.74) is 3.59. The number of halogens is 3. The van der Waals surface area contributed by atoms with E-state index >= 15 is 0 Å². The Bertz CT molecular complexity index is 1350. The topological polar surface area (TPSA) is 49.6 Å². The number of alkyl halides is 2. The molecule has 2 aliphatic rings. The van der Waals surface area contributed by atoms with Gasteiger partial charge in [0, 0.05) is 31.7 Å². The second-order valence-electron chi connectivity index (χ2n) is 9.25. The largest absolute Gasteiger partial charge is 0.337 e. The van der Waals surface area contributed by atoms with Crippen LogP contribution in [0.2, 0.25) is 5.15 Å². The minimum Gasteiger partial charge on any atom is -0.337 e. The third-order valence-corrected chi connectivity index (χ3v) is 7.26. The average molecular weight is 497 g/mol. The number of rotatable bonds is 5. The maximum Gasteiger partial charge on any atom is 0.295 e. The Kier molecular flexibility index (Phi) is 6.23. The molecule has 1 unspecified atom stereocenters. The summed E-state index contributed by atoms with van der Waals surface area (Å²) >= 11 is 6.63. The van der Waals surface area contributed by atoms with Gasteiger partial charge >= 0.3 is 0 Å². The molecule has 8 heteroatoms. The van der Waals surface area contributed by atoms with Crippen molar-refractivity contribution in [2.75, 3.05) is 26.2 Å². The summed E-state index contributed by atoms with van der Waals surface area (Å²) in [6.45, 7) is 7.87. The second kappa shape index (κ2) is 9.21. The number of pyridine rings is 1. The first-order valence-corrected chi connectivity index (χ1v) is 12.2. The average Bonchev–Trinajstić information content (AvgIpc) is 3.49. The number of benzene rings is 1. The molecule has 1 amide bonds. The Balaban J connectivity index is 1.53. The van der Waals surface area contributed by atoms with Crippen LogP contribution in [0.3, 0.4) is 0 Å². The van der Waals surface area contributed by atoms with E-state index < -0.39 is 5.92 Å². The van der Waals surface area contributed by atoms with Gasteiger partial charge in [-0.05, 0) is 55.2 Å². The van der Waals surface area contributed by atoms with Crippen LogP contribution in [0.1, 0.15) is 51.5 Å². The zero-order valence-corrected chi connectivity index (χ0v) is 20.3. The lowest BCUT2D eigenvalue weighted by atomic mass is 9.97. The van der Waals surface area contributed by atoms with Gasteiger partial charge in [0.15, 0.2) is 5.69 Å². The summed E-state index contributed by atoms with van der Waals surface area (Å²) in [5.74, 6) is -3.46. The molecule has 0 spiro atoms. The molecule has 1 N–H and O–H groups in total. The molecule has 1 fully saturated rings. The molecule has 0 aliphatic carbocycles. The first kappa shape index (κ1) is 23.7. The number of hydrogen-bond acceptors (Lipinski definition) is 3. The highest BCUT2D eigenvalue weighted by Gasteiger charge is 2.35. The highest BCUT2D eigenvalue weighted by atomic mass is 35.5. The zero-order valence-electron chi connectivity index (χ0n) is 19.5. The van der Waals surface area contributed by atoms with E-state index in [4.69, 9.17) is 11.6 Å². The molecule has 35 heavy (non-hydrogen) atoms. The summed E-state index contributed by atoms with van der Waals surface area (Å²) in [4.78, 5) is 19.5. The third kappa shape index (κ3) is 4.39. The van der Waals surface area contributed by atoms with Crippen LogP contribution in [-0.4, -0.2) is 46.4 Å². The molecule has 1 aromatic carbocycles. The van der Waals surface area contributed by atoms with Crippen molar-refractivity contribution >= 4 is 28.7 Å². The van der Waals surface area contributed by atoms with Gasteiger partial charge in [-0.2, -0.15) is 8.78 Å². The van der Waals surface area contributed by atoms with Crippen molar-refractivity contribution in [1.29, 1.82) is 0 Å². The van der Waals surface area contributed by atoms with Crippen LogP contribution < -0.4 is 5.32 Å². The molecule has 1 atom stereocenters. The summed E-state index contributed by atoms with van der Waals surface area (Å²) in [7, 11) is 0. The van der Waals surface area contributed by atoms with Gasteiger partial charge in [-0.1, -0.05) is 54.1 Å². The number of aryl methyl sites for hydroxylation is 1. The fraction of sp³-hybridized carbons (Fsp3) is 0.333. The quantitative estimate of drug-likeness (QED) is 0.469. The highest BCUT2D eigenvalue weighted by Crippen LogP contribution is 2.37. The van der Waals surface area contributed by atoms with E-state index in [9.17, 15) is 13.6 Å². The van der Waals surface area contributed by atoms with Crippen LogP contribution in [-0.2, 0) is 5.92 Å². The summed E-state index contributed by atoms with van der Waals surface area (Å²) in [6, 6.07) is 9.71. The molecule has 5 rings (SSSR count). The van der Waals surface area contributed by atoms with E-state index in [-0.39, 0.29) is 33.9 Å². The molecule has 0 radical (unpaired) electrons. The lowest BCUT2D eigenvalue weighted by molar-refractivity contribution is 0.0535. The van der Waals surface area contributed by atoms with Gasteiger partial charge in [-0.15, -0.1) is 0 Å². The zero-order chi connectivity index (χ0) is 24.7. The number of carbonyl (C=O) groups excluding carboxylic acids is 1. The van der Waals surface area contributed by atoms with Gasteiger partial charge in [0.1, 0.15) is 10.8 Å². The number of nitrogens with one attached hydrogen (secondary N) is 1. The number of fused-ring (bicyclic) bond motifs is 1. The number of likely N-dealkylation sites (tertiary alicyclic amines) is 1. The van der Waals surface area contributed by atoms with Gasteiger partial charge in [0.05, 0.1) is 5.56 Å². The summed E-state index contributed by atoms with van der Waals surface area (Å²) in [6.07, 6.45) is 5.80. The first-order valence-electron chi connectivity index (χ1n) is 11.8. The molecule has 2 aromatic heterocycles. The molecule has 2 aliphatic heterocycles. The van der Waals surface area contributed by atoms with Crippen LogP contribution in [0.25, 0.3) is 11.2 Å². The third-order valence-electron chi connectivity index (χ3n) is 6.90. The lowest BCUT2D eigenvalue weighted by Gasteiger charge is -2.18. The van der Waals surface area contributed by atoms with Gasteiger partial charge in [-0.3, -0.25) is 9.20 Å². The Morgan fingerprint density at radius 3 is 2.89 bits per heavy atom. The lowest BCUT2D eigenvalue weighted by Crippen LogP contribution is -2.29. The molecule has 5 nitrogen and oxygen atoms in total. The summed E-state index contributed by atoms with van der Waals surface area (Å²) in [5, 5.41) is 3.26. The number of aromatic nitrogens is 2. The number of carbonyl (C=O) groups is 1. The molecule has 0 saturated carbocycles.